The van der Waals surface area contributed by atoms with Gasteiger partial charge in [0.25, 0.3) is 5.91 Å². The zero-order chi connectivity index (χ0) is 15.8. The summed E-state index contributed by atoms with van der Waals surface area (Å²) >= 11 is 1.86. The Kier molecular flexibility index (Phi) is 4.27. The molecule has 0 unspecified atom stereocenters. The Labute approximate surface area is 135 Å². The third kappa shape index (κ3) is 3.20. The first-order chi connectivity index (χ1) is 9.71. The topological polar surface area (TPSA) is 107 Å². The van der Waals surface area contributed by atoms with E-state index in [0.717, 1.165) is 6.26 Å². The number of benzene rings is 1. The lowest BCUT2D eigenvalue weighted by Gasteiger charge is -2.11. The molecule has 112 valence electrons. The second-order valence-electron chi connectivity index (χ2n) is 4.43. The van der Waals surface area contributed by atoms with E-state index in [9.17, 15) is 13.2 Å². The predicted molar refractivity (Wildman–Crippen MR) is 83.8 cm³/mol. The van der Waals surface area contributed by atoms with Crippen molar-refractivity contribution in [2.24, 2.45) is 7.05 Å². The van der Waals surface area contributed by atoms with Crippen LogP contribution in [0.5, 0.6) is 0 Å². The summed E-state index contributed by atoms with van der Waals surface area (Å²) in [6, 6.07) is 3.17. The number of aromatic nitrogens is 4. The number of nitrogens with one attached hydrogen (secondary N) is 1. The van der Waals surface area contributed by atoms with Gasteiger partial charge in [0, 0.05) is 16.9 Å². The maximum atomic E-state index is 12.3. The molecule has 0 radical (unpaired) electrons. The fraction of sp³-hybridized carbons (Fsp3) is 0.273. The Balaban J connectivity index is 2.46. The molecule has 1 aromatic carbocycles. The lowest BCUT2D eigenvalue weighted by Crippen LogP contribution is -2.18. The van der Waals surface area contributed by atoms with Gasteiger partial charge in [-0.25, -0.2) is 13.1 Å². The van der Waals surface area contributed by atoms with Crippen LogP contribution in [-0.2, 0) is 16.9 Å². The van der Waals surface area contributed by atoms with Crippen molar-refractivity contribution < 1.29 is 13.2 Å². The van der Waals surface area contributed by atoms with Crippen molar-refractivity contribution in [3.8, 4) is 0 Å². The molecule has 0 aliphatic carbocycles. The molecule has 10 heteroatoms. The van der Waals surface area contributed by atoms with Gasteiger partial charge in [-0.2, -0.15) is 0 Å². The molecule has 0 fully saturated rings. The number of carbonyl (C=O) groups is 1. The minimum Gasteiger partial charge on any atom is -0.289 e. The van der Waals surface area contributed by atoms with Crippen molar-refractivity contribution in [1.82, 2.24) is 20.2 Å². The van der Waals surface area contributed by atoms with Gasteiger partial charge in [0.15, 0.2) is 9.84 Å². The average molecular weight is 421 g/mol. The highest BCUT2D eigenvalue weighted by atomic mass is 127. The van der Waals surface area contributed by atoms with Crippen LogP contribution in [0.2, 0.25) is 0 Å². The third-order valence-corrected chi connectivity index (χ3v) is 5.51. The predicted octanol–water partition coefficient (Wildman–Crippen LogP) is 0.779. The summed E-state index contributed by atoms with van der Waals surface area (Å²) in [5, 5.41) is 13.2. The van der Waals surface area contributed by atoms with E-state index in [1.807, 2.05) is 22.6 Å². The van der Waals surface area contributed by atoms with E-state index in [4.69, 9.17) is 0 Å². The van der Waals surface area contributed by atoms with Gasteiger partial charge in [-0.3, -0.25) is 10.1 Å². The van der Waals surface area contributed by atoms with E-state index in [-0.39, 0.29) is 16.4 Å². The second kappa shape index (κ2) is 5.67. The van der Waals surface area contributed by atoms with Crippen LogP contribution in [-0.4, -0.2) is 40.8 Å². The van der Waals surface area contributed by atoms with Gasteiger partial charge in [-0.1, -0.05) is 11.2 Å². The number of hydrogen-bond acceptors (Lipinski definition) is 6. The molecule has 0 saturated carbocycles. The molecule has 1 N–H and O–H groups in total. The number of aryl methyl sites for hydroxylation is 2. The van der Waals surface area contributed by atoms with Crippen LogP contribution in [0.1, 0.15) is 15.9 Å². The lowest BCUT2D eigenvalue weighted by atomic mass is 10.1. The first-order valence-electron chi connectivity index (χ1n) is 5.74. The van der Waals surface area contributed by atoms with Gasteiger partial charge < -0.3 is 0 Å². The fourth-order valence-electron chi connectivity index (χ4n) is 1.79. The maximum absolute atomic E-state index is 12.3. The van der Waals surface area contributed by atoms with Crippen molar-refractivity contribution in [2.45, 2.75) is 11.8 Å². The Morgan fingerprint density at radius 3 is 2.57 bits per heavy atom. The van der Waals surface area contributed by atoms with Crippen LogP contribution >= 0.6 is 22.6 Å². The number of halogens is 1. The summed E-state index contributed by atoms with van der Waals surface area (Å²) in [6.45, 7) is 1.69. The minimum absolute atomic E-state index is 0.159. The van der Waals surface area contributed by atoms with Crippen LogP contribution in [0.3, 0.4) is 0 Å². The summed E-state index contributed by atoms with van der Waals surface area (Å²) in [7, 11) is -1.84. The van der Waals surface area contributed by atoms with E-state index in [1.54, 1.807) is 26.1 Å². The Morgan fingerprint density at radius 2 is 2.05 bits per heavy atom. The molecule has 2 aromatic rings. The van der Waals surface area contributed by atoms with E-state index in [0.29, 0.717) is 9.13 Å². The van der Waals surface area contributed by atoms with Crippen LogP contribution in [0.15, 0.2) is 17.0 Å². The summed E-state index contributed by atoms with van der Waals surface area (Å²) in [6.07, 6.45) is 1.12. The van der Waals surface area contributed by atoms with Crippen LogP contribution < -0.4 is 5.32 Å². The van der Waals surface area contributed by atoms with E-state index < -0.39 is 15.7 Å². The van der Waals surface area contributed by atoms with Crippen LogP contribution in [0, 0.1) is 10.5 Å². The highest BCUT2D eigenvalue weighted by Crippen LogP contribution is 2.26. The molecule has 2 rings (SSSR count). The van der Waals surface area contributed by atoms with Gasteiger partial charge >= 0.3 is 0 Å². The lowest BCUT2D eigenvalue weighted by molar-refractivity contribution is 0.102. The number of carbonyl (C=O) groups excluding carboxylic acids is 1. The molecule has 0 saturated heterocycles. The van der Waals surface area contributed by atoms with E-state index in [2.05, 4.69) is 20.8 Å². The highest BCUT2D eigenvalue weighted by molar-refractivity contribution is 14.1. The van der Waals surface area contributed by atoms with Crippen molar-refractivity contribution in [3.63, 3.8) is 0 Å². The Bertz CT molecular complexity index is 815. The summed E-state index contributed by atoms with van der Waals surface area (Å²) in [4.78, 5) is 12.4. The quantitative estimate of drug-likeness (QED) is 0.735. The molecule has 1 aromatic heterocycles. The van der Waals surface area contributed by atoms with Crippen LogP contribution in [0.4, 0.5) is 5.95 Å². The van der Waals surface area contributed by atoms with Gasteiger partial charge in [0.05, 0.1) is 10.5 Å². The molecule has 0 spiro atoms. The zero-order valence-electron chi connectivity index (χ0n) is 11.5. The molecule has 1 heterocycles. The average Bonchev–Trinajstić information content (AvgIpc) is 2.73. The normalized spacial score (nSPS) is 11.4. The zero-order valence-corrected chi connectivity index (χ0v) is 14.4. The smallest absolute Gasteiger partial charge is 0.259 e. The second-order valence-corrected chi connectivity index (χ2v) is 7.46. The number of nitrogens with zero attached hydrogens (tertiary/aromatic N) is 4. The highest BCUT2D eigenvalue weighted by Gasteiger charge is 2.22. The van der Waals surface area contributed by atoms with Gasteiger partial charge in [-0.15, -0.1) is 0 Å². The molecular formula is C11H12IN5O3S. The molecule has 1 amide bonds. The number of amides is 1. The Morgan fingerprint density at radius 1 is 1.38 bits per heavy atom. The molecule has 0 aliphatic rings. The molecule has 21 heavy (non-hydrogen) atoms. The first kappa shape index (κ1) is 15.8. The molecular weight excluding hydrogens is 409 g/mol. The number of tetrazole rings is 1. The number of anilines is 1. The summed E-state index contributed by atoms with van der Waals surface area (Å²) in [5.41, 5.74) is 0.850. The van der Waals surface area contributed by atoms with E-state index in [1.165, 1.54) is 4.68 Å². The largest absolute Gasteiger partial charge is 0.289 e. The van der Waals surface area contributed by atoms with Crippen molar-refractivity contribution in [2.75, 3.05) is 11.6 Å². The van der Waals surface area contributed by atoms with Gasteiger partial charge in [0.1, 0.15) is 0 Å². The molecule has 0 aliphatic heterocycles. The first-order valence-corrected chi connectivity index (χ1v) is 8.71. The maximum Gasteiger partial charge on any atom is 0.259 e. The third-order valence-electron chi connectivity index (χ3n) is 2.75. The standard InChI is InChI=1S/C11H12IN5O3S/c1-6-4-5-7(8(12)9(6)21(3,19)20)10(18)13-11-14-15-16-17(11)2/h4-5H,1-3H3,(H,13,14,16,18). The monoisotopic (exact) mass is 421 g/mol. The Hall–Kier alpha value is -1.56. The molecule has 8 nitrogen and oxygen atoms in total. The van der Waals surface area contributed by atoms with Crippen molar-refractivity contribution >= 4 is 44.3 Å². The van der Waals surface area contributed by atoms with Gasteiger partial charge in [0.2, 0.25) is 5.95 Å². The van der Waals surface area contributed by atoms with E-state index >= 15 is 0 Å². The molecule has 0 bridgehead atoms. The van der Waals surface area contributed by atoms with Crippen molar-refractivity contribution in [3.05, 3.63) is 26.8 Å². The SMILES string of the molecule is Cc1ccc(C(=O)Nc2nnnn2C)c(I)c1S(C)(=O)=O. The van der Waals surface area contributed by atoms with Crippen LogP contribution in [0.25, 0.3) is 0 Å². The van der Waals surface area contributed by atoms with Gasteiger partial charge in [-0.05, 0) is 51.6 Å². The number of rotatable bonds is 3. The van der Waals surface area contributed by atoms with Crippen molar-refractivity contribution in [1.29, 1.82) is 0 Å². The summed E-state index contributed by atoms with van der Waals surface area (Å²) < 4.78 is 25.4. The minimum atomic E-state index is -3.42. The number of sulfone groups is 1. The number of hydrogen-bond donors (Lipinski definition) is 1. The fourth-order valence-corrected chi connectivity index (χ4v) is 4.93. The summed E-state index contributed by atoms with van der Waals surface area (Å²) in [5.74, 6) is -0.292. The molecule has 0 atom stereocenters.